The summed E-state index contributed by atoms with van der Waals surface area (Å²) in [5.41, 5.74) is 1.04. The lowest BCUT2D eigenvalue weighted by molar-refractivity contribution is 0.570. The third-order valence-electron chi connectivity index (χ3n) is 3.44. The monoisotopic (exact) mass is 331 g/mol. The van der Waals surface area contributed by atoms with Crippen LogP contribution in [0.1, 0.15) is 38.4 Å². The summed E-state index contributed by atoms with van der Waals surface area (Å²) in [5, 5.41) is 3.10. The highest BCUT2D eigenvalue weighted by atomic mass is 32.2. The van der Waals surface area contributed by atoms with Crippen molar-refractivity contribution < 1.29 is 8.42 Å². The van der Waals surface area contributed by atoms with Gasteiger partial charge in [0, 0.05) is 36.3 Å². The van der Waals surface area contributed by atoms with Crippen molar-refractivity contribution in [3.63, 3.8) is 0 Å². The van der Waals surface area contributed by atoms with Gasteiger partial charge in [-0.3, -0.25) is 0 Å². The third kappa shape index (κ3) is 4.48. The summed E-state index contributed by atoms with van der Waals surface area (Å²) in [6.45, 7) is 4.67. The molecule has 1 aliphatic rings. The molecule has 0 amide bonds. The molecule has 0 aliphatic heterocycles. The van der Waals surface area contributed by atoms with E-state index in [0.29, 0.717) is 17.5 Å². The van der Waals surface area contributed by atoms with E-state index in [-0.39, 0.29) is 6.04 Å². The van der Waals surface area contributed by atoms with Crippen molar-refractivity contribution in [3.05, 3.63) is 18.0 Å². The van der Waals surface area contributed by atoms with Crippen LogP contribution in [-0.2, 0) is 16.6 Å². The van der Waals surface area contributed by atoms with Crippen molar-refractivity contribution in [2.45, 2.75) is 50.2 Å². The number of rotatable bonds is 9. The molecule has 0 bridgehead atoms. The van der Waals surface area contributed by atoms with E-state index >= 15 is 0 Å². The molecule has 1 saturated carbocycles. The van der Waals surface area contributed by atoms with Crippen LogP contribution in [0.5, 0.6) is 0 Å². The van der Waals surface area contributed by atoms with Gasteiger partial charge < -0.3 is 9.88 Å². The highest BCUT2D eigenvalue weighted by Crippen LogP contribution is 2.37. The number of hydrogen-bond donors (Lipinski definition) is 2. The highest BCUT2D eigenvalue weighted by Gasteiger charge is 2.28. The summed E-state index contributed by atoms with van der Waals surface area (Å²) >= 11 is 1.74. The van der Waals surface area contributed by atoms with Crippen molar-refractivity contribution in [3.8, 4) is 0 Å². The van der Waals surface area contributed by atoms with Gasteiger partial charge in [0.2, 0.25) is 10.0 Å². The van der Waals surface area contributed by atoms with Gasteiger partial charge >= 0.3 is 0 Å². The Bertz CT molecular complexity index is 565. The van der Waals surface area contributed by atoms with Crippen molar-refractivity contribution in [2.75, 3.05) is 18.6 Å². The maximum absolute atomic E-state index is 12.5. The van der Waals surface area contributed by atoms with Crippen LogP contribution in [0.2, 0.25) is 0 Å². The first-order chi connectivity index (χ1) is 9.97. The van der Waals surface area contributed by atoms with E-state index < -0.39 is 10.0 Å². The number of thioether (sulfide) groups is 1. The first-order valence-corrected chi connectivity index (χ1v) is 10.1. The zero-order valence-corrected chi connectivity index (χ0v) is 14.6. The minimum absolute atomic E-state index is 0.0584. The van der Waals surface area contributed by atoms with E-state index in [2.05, 4.69) is 21.5 Å². The molecule has 1 aromatic rings. The largest absolute Gasteiger partial charge is 0.346 e. The first kappa shape index (κ1) is 16.9. The molecule has 0 saturated heterocycles. The minimum Gasteiger partial charge on any atom is -0.346 e. The van der Waals surface area contributed by atoms with E-state index in [0.717, 1.165) is 30.0 Å². The predicted molar refractivity (Wildman–Crippen MR) is 88.2 cm³/mol. The molecule has 1 fully saturated rings. The van der Waals surface area contributed by atoms with E-state index in [1.54, 1.807) is 24.0 Å². The van der Waals surface area contributed by atoms with Gasteiger partial charge in [0.15, 0.2) is 0 Å². The Labute approximate surface area is 131 Å². The van der Waals surface area contributed by atoms with Crippen molar-refractivity contribution in [1.29, 1.82) is 0 Å². The maximum atomic E-state index is 12.5. The average molecular weight is 332 g/mol. The Morgan fingerprint density at radius 3 is 2.76 bits per heavy atom. The molecule has 1 unspecified atom stereocenters. The Morgan fingerprint density at radius 2 is 2.19 bits per heavy atom. The van der Waals surface area contributed by atoms with E-state index in [1.165, 1.54) is 0 Å². The van der Waals surface area contributed by atoms with Gasteiger partial charge in [-0.2, -0.15) is 11.8 Å². The lowest BCUT2D eigenvalue weighted by Crippen LogP contribution is -2.34. The highest BCUT2D eigenvalue weighted by molar-refractivity contribution is 7.99. The lowest BCUT2D eigenvalue weighted by atomic mass is 10.4. The molecule has 7 heteroatoms. The smallest absolute Gasteiger partial charge is 0.242 e. The Kier molecular flexibility index (Phi) is 5.76. The molecule has 21 heavy (non-hydrogen) atoms. The van der Waals surface area contributed by atoms with E-state index in [9.17, 15) is 8.42 Å². The number of sulfonamides is 1. The van der Waals surface area contributed by atoms with Crippen LogP contribution in [0.3, 0.4) is 0 Å². The van der Waals surface area contributed by atoms with Gasteiger partial charge in [0.1, 0.15) is 0 Å². The zero-order valence-electron chi connectivity index (χ0n) is 12.9. The molecular weight excluding hydrogens is 306 g/mol. The van der Waals surface area contributed by atoms with Gasteiger partial charge in [0.25, 0.3) is 0 Å². The molecule has 1 aromatic heterocycles. The molecule has 1 aliphatic carbocycles. The lowest BCUT2D eigenvalue weighted by Gasteiger charge is -2.12. The van der Waals surface area contributed by atoms with Gasteiger partial charge in [0.05, 0.1) is 4.90 Å². The second kappa shape index (κ2) is 7.17. The average Bonchev–Trinajstić information content (AvgIpc) is 3.17. The van der Waals surface area contributed by atoms with Gasteiger partial charge in [-0.1, -0.05) is 6.92 Å². The number of nitrogens with zero attached hydrogens (tertiary/aromatic N) is 1. The normalized spacial score (nSPS) is 17.1. The Hall–Kier alpha value is -0.500. The van der Waals surface area contributed by atoms with Crippen LogP contribution in [0.15, 0.2) is 17.2 Å². The molecule has 0 aromatic carbocycles. The van der Waals surface area contributed by atoms with Crippen LogP contribution >= 0.6 is 11.8 Å². The second-order valence-corrected chi connectivity index (χ2v) is 8.55. The molecule has 1 heterocycles. The summed E-state index contributed by atoms with van der Waals surface area (Å²) in [6.07, 6.45) is 4.07. The fourth-order valence-corrected chi connectivity index (χ4v) is 4.39. The summed E-state index contributed by atoms with van der Waals surface area (Å²) in [7, 11) is -1.55. The molecule has 1 atom stereocenters. The van der Waals surface area contributed by atoms with Crippen LogP contribution in [0.4, 0.5) is 0 Å². The second-order valence-electron chi connectivity index (χ2n) is 5.52. The first-order valence-electron chi connectivity index (χ1n) is 7.43. The third-order valence-corrected chi connectivity index (χ3v) is 6.14. The summed E-state index contributed by atoms with van der Waals surface area (Å²) in [6, 6.07) is 2.21. The Balaban J connectivity index is 2.13. The van der Waals surface area contributed by atoms with Gasteiger partial charge in [-0.15, -0.1) is 0 Å². The molecule has 0 spiro atoms. The van der Waals surface area contributed by atoms with Crippen molar-refractivity contribution in [2.24, 2.45) is 0 Å². The standard InChI is InChI=1S/C14H25N3O2S2/c1-4-20-10-11(2)16-21(18,19)14-7-13(8-15-3)17(9-14)12-5-6-12/h7,9,11-12,15-16H,4-6,8,10H2,1-3H3. The molecule has 2 N–H and O–H groups in total. The van der Waals surface area contributed by atoms with E-state index in [1.807, 2.05) is 14.0 Å². The summed E-state index contributed by atoms with van der Waals surface area (Å²) in [4.78, 5) is 0.382. The fourth-order valence-electron chi connectivity index (χ4n) is 2.32. The molecule has 5 nitrogen and oxygen atoms in total. The fraction of sp³-hybridized carbons (Fsp3) is 0.714. The van der Waals surface area contributed by atoms with Crippen molar-refractivity contribution in [1.82, 2.24) is 14.6 Å². The predicted octanol–water partition coefficient (Wildman–Crippen LogP) is 1.96. The van der Waals surface area contributed by atoms with E-state index in [4.69, 9.17) is 0 Å². The Morgan fingerprint density at radius 1 is 1.48 bits per heavy atom. The van der Waals surface area contributed by atoms with Crippen molar-refractivity contribution >= 4 is 21.8 Å². The number of nitrogens with one attached hydrogen (secondary N) is 2. The molecular formula is C14H25N3O2S2. The molecule has 120 valence electrons. The quantitative estimate of drug-likeness (QED) is 0.726. The number of aromatic nitrogens is 1. The van der Waals surface area contributed by atoms with Crippen LogP contribution < -0.4 is 10.0 Å². The van der Waals surface area contributed by atoms with Gasteiger partial charge in [-0.05, 0) is 38.6 Å². The van der Waals surface area contributed by atoms with Crippen LogP contribution in [0.25, 0.3) is 0 Å². The van der Waals surface area contributed by atoms with Crippen LogP contribution in [0, 0.1) is 0 Å². The van der Waals surface area contributed by atoms with Crippen LogP contribution in [-0.4, -0.2) is 37.6 Å². The minimum atomic E-state index is -3.43. The maximum Gasteiger partial charge on any atom is 0.242 e. The summed E-state index contributed by atoms with van der Waals surface area (Å²) < 4.78 is 29.8. The molecule has 2 rings (SSSR count). The molecule has 0 radical (unpaired) electrons. The summed E-state index contributed by atoms with van der Waals surface area (Å²) in [5.74, 6) is 1.79. The topological polar surface area (TPSA) is 63.1 Å². The zero-order chi connectivity index (χ0) is 15.5. The SMILES string of the molecule is CCSCC(C)NS(=O)(=O)c1cc(CNC)n(C2CC2)c1. The number of hydrogen-bond acceptors (Lipinski definition) is 4. The van der Waals surface area contributed by atoms with Gasteiger partial charge in [-0.25, -0.2) is 13.1 Å².